The number of ether oxygens (including phenoxy) is 2. The third-order valence-electron chi connectivity index (χ3n) is 2.50. The maximum absolute atomic E-state index is 8.75. The van der Waals surface area contributed by atoms with Gasteiger partial charge < -0.3 is 15.2 Å². The van der Waals surface area contributed by atoms with Crippen LogP contribution in [0.1, 0.15) is 12.1 Å². The summed E-state index contributed by atoms with van der Waals surface area (Å²) >= 11 is 0. The molecule has 1 atom stereocenters. The summed E-state index contributed by atoms with van der Waals surface area (Å²) in [6, 6.07) is 5.23. The predicted molar refractivity (Wildman–Crippen MR) is 57.8 cm³/mol. The Morgan fingerprint density at radius 3 is 3.19 bits per heavy atom. The first-order valence-corrected chi connectivity index (χ1v) is 5.17. The van der Waals surface area contributed by atoms with Gasteiger partial charge in [-0.05, 0) is 12.5 Å². The van der Waals surface area contributed by atoms with E-state index in [0.717, 1.165) is 19.6 Å². The number of anilines is 1. The van der Waals surface area contributed by atoms with Crippen molar-refractivity contribution in [2.24, 2.45) is 5.92 Å². The van der Waals surface area contributed by atoms with Crippen LogP contribution < -0.4 is 10.5 Å². The van der Waals surface area contributed by atoms with Gasteiger partial charge in [-0.3, -0.25) is 0 Å². The first kappa shape index (κ1) is 10.7. The maximum Gasteiger partial charge on any atom is 0.214 e. The molecule has 2 heterocycles. The van der Waals surface area contributed by atoms with Crippen molar-refractivity contribution >= 4 is 5.69 Å². The normalized spacial score (nSPS) is 19.3. The molecule has 5 nitrogen and oxygen atoms in total. The number of nitrogens with zero attached hydrogens (tertiary/aromatic N) is 2. The maximum atomic E-state index is 8.75. The summed E-state index contributed by atoms with van der Waals surface area (Å²) in [7, 11) is 0. The second kappa shape index (κ2) is 4.81. The molecular formula is C11H13N3O2. The summed E-state index contributed by atoms with van der Waals surface area (Å²) in [5.74, 6) is 0.863. The first-order valence-electron chi connectivity index (χ1n) is 5.17. The van der Waals surface area contributed by atoms with Gasteiger partial charge in [-0.2, -0.15) is 5.26 Å². The summed E-state index contributed by atoms with van der Waals surface area (Å²) < 4.78 is 10.7. The van der Waals surface area contributed by atoms with Crippen LogP contribution in [-0.2, 0) is 4.74 Å². The van der Waals surface area contributed by atoms with Crippen LogP contribution in [0.3, 0.4) is 0 Å². The minimum atomic E-state index is 0.208. The summed E-state index contributed by atoms with van der Waals surface area (Å²) in [6.07, 6.45) is 1.01. The zero-order valence-corrected chi connectivity index (χ0v) is 8.85. The van der Waals surface area contributed by atoms with E-state index in [1.165, 1.54) is 0 Å². The van der Waals surface area contributed by atoms with Crippen molar-refractivity contribution in [2.45, 2.75) is 6.42 Å². The summed E-state index contributed by atoms with van der Waals surface area (Å²) in [5, 5.41) is 8.75. The van der Waals surface area contributed by atoms with Crippen LogP contribution in [0.15, 0.2) is 12.1 Å². The van der Waals surface area contributed by atoms with E-state index in [1.54, 1.807) is 12.1 Å². The average Bonchev–Trinajstić information content (AvgIpc) is 2.81. The lowest BCUT2D eigenvalue weighted by molar-refractivity contribution is 0.165. The molecule has 1 saturated heterocycles. The Bertz CT molecular complexity index is 408. The van der Waals surface area contributed by atoms with Gasteiger partial charge in [-0.25, -0.2) is 4.98 Å². The SMILES string of the molecule is N#Cc1nc(OCC2CCOC2)ccc1N. The van der Waals surface area contributed by atoms with Gasteiger partial charge in [0.15, 0.2) is 5.69 Å². The highest BCUT2D eigenvalue weighted by Gasteiger charge is 2.16. The van der Waals surface area contributed by atoms with Crippen molar-refractivity contribution in [1.29, 1.82) is 5.26 Å². The van der Waals surface area contributed by atoms with Gasteiger partial charge in [-0.1, -0.05) is 0 Å². The molecule has 2 rings (SSSR count). The zero-order chi connectivity index (χ0) is 11.4. The largest absolute Gasteiger partial charge is 0.477 e. The van der Waals surface area contributed by atoms with Crippen LogP contribution in [0.2, 0.25) is 0 Å². The summed E-state index contributed by atoms with van der Waals surface area (Å²) in [5.41, 5.74) is 6.14. The van der Waals surface area contributed by atoms with Crippen LogP contribution in [0.25, 0.3) is 0 Å². The monoisotopic (exact) mass is 219 g/mol. The van der Waals surface area contributed by atoms with Crippen LogP contribution in [0, 0.1) is 17.2 Å². The van der Waals surface area contributed by atoms with Crippen LogP contribution in [0.5, 0.6) is 5.88 Å². The standard InChI is InChI=1S/C11H13N3O2/c12-5-10-9(13)1-2-11(14-10)16-7-8-3-4-15-6-8/h1-2,8H,3-4,6-7,13H2. The van der Waals surface area contributed by atoms with E-state index in [-0.39, 0.29) is 5.69 Å². The van der Waals surface area contributed by atoms with E-state index >= 15 is 0 Å². The van der Waals surface area contributed by atoms with E-state index in [2.05, 4.69) is 4.98 Å². The lowest BCUT2D eigenvalue weighted by Gasteiger charge is -2.09. The smallest absolute Gasteiger partial charge is 0.214 e. The molecule has 1 aromatic heterocycles. The number of nitriles is 1. The number of rotatable bonds is 3. The molecule has 0 aromatic carbocycles. The summed E-state index contributed by atoms with van der Waals surface area (Å²) in [4.78, 5) is 4.00. The molecule has 0 radical (unpaired) electrons. The molecule has 0 amide bonds. The third-order valence-corrected chi connectivity index (χ3v) is 2.50. The fraction of sp³-hybridized carbons (Fsp3) is 0.455. The molecule has 0 aliphatic carbocycles. The molecule has 2 N–H and O–H groups in total. The number of aromatic nitrogens is 1. The van der Waals surface area contributed by atoms with E-state index in [9.17, 15) is 0 Å². The zero-order valence-electron chi connectivity index (χ0n) is 8.85. The van der Waals surface area contributed by atoms with E-state index in [0.29, 0.717) is 24.1 Å². The minimum Gasteiger partial charge on any atom is -0.477 e. The first-order chi connectivity index (χ1) is 7.79. The second-order valence-electron chi connectivity index (χ2n) is 3.74. The van der Waals surface area contributed by atoms with Crippen molar-refractivity contribution in [1.82, 2.24) is 4.98 Å². The number of pyridine rings is 1. The van der Waals surface area contributed by atoms with Gasteiger partial charge in [0, 0.05) is 18.6 Å². The Morgan fingerprint density at radius 2 is 2.50 bits per heavy atom. The molecule has 0 bridgehead atoms. The minimum absolute atomic E-state index is 0.208. The second-order valence-corrected chi connectivity index (χ2v) is 3.74. The molecule has 16 heavy (non-hydrogen) atoms. The van der Waals surface area contributed by atoms with Crippen molar-refractivity contribution in [3.05, 3.63) is 17.8 Å². The topological polar surface area (TPSA) is 81.2 Å². The van der Waals surface area contributed by atoms with Gasteiger partial charge in [0.2, 0.25) is 5.88 Å². The Hall–Kier alpha value is -1.80. The highest BCUT2D eigenvalue weighted by molar-refractivity contribution is 5.50. The Kier molecular flexibility index (Phi) is 3.22. The van der Waals surface area contributed by atoms with E-state index in [1.807, 2.05) is 6.07 Å². The van der Waals surface area contributed by atoms with Crippen molar-refractivity contribution < 1.29 is 9.47 Å². The van der Waals surface area contributed by atoms with Crippen LogP contribution in [0.4, 0.5) is 5.69 Å². The van der Waals surface area contributed by atoms with Gasteiger partial charge in [-0.15, -0.1) is 0 Å². The number of hydrogen-bond acceptors (Lipinski definition) is 5. The van der Waals surface area contributed by atoms with Gasteiger partial charge in [0.25, 0.3) is 0 Å². The van der Waals surface area contributed by atoms with Crippen LogP contribution in [-0.4, -0.2) is 24.8 Å². The number of hydrogen-bond donors (Lipinski definition) is 1. The fourth-order valence-electron chi connectivity index (χ4n) is 1.54. The van der Waals surface area contributed by atoms with Crippen molar-refractivity contribution in [2.75, 3.05) is 25.6 Å². The van der Waals surface area contributed by atoms with Crippen molar-refractivity contribution in [3.63, 3.8) is 0 Å². The number of nitrogens with two attached hydrogens (primary N) is 1. The average molecular weight is 219 g/mol. The lowest BCUT2D eigenvalue weighted by Crippen LogP contribution is -2.12. The lowest BCUT2D eigenvalue weighted by atomic mass is 10.1. The van der Waals surface area contributed by atoms with Gasteiger partial charge >= 0.3 is 0 Å². The molecule has 1 aromatic rings. The molecule has 1 fully saturated rings. The quantitative estimate of drug-likeness (QED) is 0.818. The van der Waals surface area contributed by atoms with E-state index < -0.39 is 0 Å². The van der Waals surface area contributed by atoms with Crippen molar-refractivity contribution in [3.8, 4) is 11.9 Å². The molecule has 84 valence electrons. The Morgan fingerprint density at radius 1 is 1.62 bits per heavy atom. The summed E-state index contributed by atoms with van der Waals surface area (Å²) in [6.45, 7) is 2.11. The molecule has 0 spiro atoms. The fourth-order valence-corrected chi connectivity index (χ4v) is 1.54. The van der Waals surface area contributed by atoms with Crippen LogP contribution >= 0.6 is 0 Å². The molecule has 0 saturated carbocycles. The Balaban J connectivity index is 1.96. The number of nitrogen functional groups attached to an aromatic ring is 1. The predicted octanol–water partition coefficient (Wildman–Crippen LogP) is 0.951. The van der Waals surface area contributed by atoms with Gasteiger partial charge in [0.1, 0.15) is 6.07 Å². The highest BCUT2D eigenvalue weighted by atomic mass is 16.5. The molecule has 1 aliphatic heterocycles. The van der Waals surface area contributed by atoms with E-state index in [4.69, 9.17) is 20.5 Å². The molecular weight excluding hydrogens is 206 g/mol. The van der Waals surface area contributed by atoms with Gasteiger partial charge in [0.05, 0.1) is 18.9 Å². The Labute approximate surface area is 93.8 Å². The highest BCUT2D eigenvalue weighted by Crippen LogP contribution is 2.17. The third kappa shape index (κ3) is 2.41. The molecule has 1 aliphatic rings. The molecule has 1 unspecified atom stereocenters. The molecule has 5 heteroatoms.